The number of nitrogens with zero attached hydrogens (tertiary/aromatic N) is 1. The lowest BCUT2D eigenvalue weighted by Crippen LogP contribution is -2.34. The molecule has 1 heterocycles. The van der Waals surface area contributed by atoms with E-state index >= 15 is 0 Å². The van der Waals surface area contributed by atoms with Crippen molar-refractivity contribution < 1.29 is 24.5 Å². The number of carboxylic acids is 1. The quantitative estimate of drug-likeness (QED) is 0.147. The van der Waals surface area contributed by atoms with E-state index in [0.717, 1.165) is 28.8 Å². The third-order valence-electron chi connectivity index (χ3n) is 6.20. The van der Waals surface area contributed by atoms with Gasteiger partial charge < -0.3 is 19.8 Å². The maximum atomic E-state index is 13.7. The van der Waals surface area contributed by atoms with Crippen LogP contribution in [-0.2, 0) is 11.3 Å². The number of hydrogen-bond acceptors (Lipinski definition) is 5. The molecule has 0 aliphatic rings. The Morgan fingerprint density at radius 1 is 0.842 bits per heavy atom. The first-order valence-electron chi connectivity index (χ1n) is 12.6. The van der Waals surface area contributed by atoms with Gasteiger partial charge in [-0.3, -0.25) is 9.59 Å². The number of para-hydroxylation sites is 1. The molecule has 2 N–H and O–H groups in total. The molecule has 0 saturated heterocycles. The third-order valence-corrected chi connectivity index (χ3v) is 7.12. The van der Waals surface area contributed by atoms with Gasteiger partial charge in [-0.15, -0.1) is 11.3 Å². The van der Waals surface area contributed by atoms with Crippen molar-refractivity contribution >= 4 is 23.2 Å². The lowest BCUT2D eigenvalue weighted by molar-refractivity contribution is -0.137. The van der Waals surface area contributed by atoms with Gasteiger partial charge in [0.15, 0.2) is 6.23 Å². The molecule has 0 spiro atoms. The second-order valence-corrected chi connectivity index (χ2v) is 9.88. The molecule has 0 aliphatic carbocycles. The van der Waals surface area contributed by atoms with Crippen LogP contribution in [0.4, 0.5) is 0 Å². The summed E-state index contributed by atoms with van der Waals surface area (Å²) < 4.78 is 6.01. The molecule has 7 heteroatoms. The molecule has 4 rings (SSSR count). The molecule has 4 aromatic rings. The molecule has 0 radical (unpaired) electrons. The van der Waals surface area contributed by atoms with Crippen molar-refractivity contribution in [3.8, 4) is 16.2 Å². The topological polar surface area (TPSA) is 87.1 Å². The number of benzene rings is 3. The van der Waals surface area contributed by atoms with Crippen LogP contribution in [0.5, 0.6) is 5.75 Å². The van der Waals surface area contributed by atoms with Crippen molar-refractivity contribution in [3.05, 3.63) is 113 Å². The minimum atomic E-state index is -1.15. The maximum absolute atomic E-state index is 13.7. The van der Waals surface area contributed by atoms with Crippen molar-refractivity contribution in [3.63, 3.8) is 0 Å². The van der Waals surface area contributed by atoms with Gasteiger partial charge >= 0.3 is 5.97 Å². The maximum Gasteiger partial charge on any atom is 0.303 e. The van der Waals surface area contributed by atoms with Crippen LogP contribution < -0.4 is 4.74 Å². The fraction of sp³-hybridized carbons (Fsp3) is 0.226. The number of amides is 1. The number of carbonyl (C=O) groups excluding carboxylic acids is 1. The Morgan fingerprint density at radius 3 is 2.29 bits per heavy atom. The normalized spacial score (nSPS) is 11.6. The summed E-state index contributed by atoms with van der Waals surface area (Å²) in [7, 11) is 0. The van der Waals surface area contributed by atoms with Gasteiger partial charge in [0.25, 0.3) is 5.91 Å². The minimum absolute atomic E-state index is 0.150. The second-order valence-electron chi connectivity index (χ2n) is 8.93. The Bertz CT molecular complexity index is 1310. The Morgan fingerprint density at radius 2 is 1.58 bits per heavy atom. The highest BCUT2D eigenvalue weighted by molar-refractivity contribution is 7.13. The minimum Gasteiger partial charge on any atom is -0.493 e. The molecule has 0 aliphatic heterocycles. The average molecular weight is 530 g/mol. The number of aliphatic hydroxyl groups excluding tert-OH is 1. The van der Waals surface area contributed by atoms with E-state index < -0.39 is 12.2 Å². The number of rotatable bonds is 13. The van der Waals surface area contributed by atoms with Crippen LogP contribution in [0, 0.1) is 0 Å². The van der Waals surface area contributed by atoms with Crippen LogP contribution in [0.25, 0.3) is 10.4 Å². The molecule has 1 atom stereocenters. The number of thiophene rings is 1. The van der Waals surface area contributed by atoms with Gasteiger partial charge in [0.05, 0.1) is 13.2 Å². The highest BCUT2D eigenvalue weighted by atomic mass is 32.1. The second kappa shape index (κ2) is 13.6. The first-order chi connectivity index (χ1) is 18.5. The van der Waals surface area contributed by atoms with E-state index in [2.05, 4.69) is 0 Å². The molecule has 38 heavy (non-hydrogen) atoms. The summed E-state index contributed by atoms with van der Waals surface area (Å²) >= 11 is 1.64. The summed E-state index contributed by atoms with van der Waals surface area (Å²) in [4.78, 5) is 27.0. The van der Waals surface area contributed by atoms with Crippen molar-refractivity contribution in [2.24, 2.45) is 0 Å². The summed E-state index contributed by atoms with van der Waals surface area (Å²) in [5.41, 5.74) is 2.91. The molecule has 3 aromatic carbocycles. The summed E-state index contributed by atoms with van der Waals surface area (Å²) in [6, 6.07) is 28.1. The van der Waals surface area contributed by atoms with E-state index in [9.17, 15) is 14.7 Å². The van der Waals surface area contributed by atoms with E-state index in [-0.39, 0.29) is 18.9 Å². The lowest BCUT2D eigenvalue weighted by atomic mass is 10.1. The smallest absolute Gasteiger partial charge is 0.303 e. The van der Waals surface area contributed by atoms with Crippen LogP contribution in [0.1, 0.15) is 53.4 Å². The van der Waals surface area contributed by atoms with Gasteiger partial charge in [0.2, 0.25) is 0 Å². The van der Waals surface area contributed by atoms with Crippen molar-refractivity contribution in [2.45, 2.75) is 38.5 Å². The number of hydrogen-bond donors (Lipinski definition) is 2. The predicted molar refractivity (Wildman–Crippen MR) is 149 cm³/mol. The average Bonchev–Trinajstić information content (AvgIpc) is 3.49. The number of unbranched alkanes of at least 4 members (excludes halogenated alkanes) is 2. The van der Waals surface area contributed by atoms with Crippen LogP contribution in [0.2, 0.25) is 0 Å². The van der Waals surface area contributed by atoms with Gasteiger partial charge in [0.1, 0.15) is 5.75 Å². The summed E-state index contributed by atoms with van der Waals surface area (Å²) in [6.45, 7) is 0.590. The molecule has 1 amide bonds. The first-order valence-corrected chi connectivity index (χ1v) is 13.5. The summed E-state index contributed by atoms with van der Waals surface area (Å²) in [6.07, 6.45) is 1.10. The Labute approximate surface area is 226 Å². The van der Waals surface area contributed by atoms with Crippen LogP contribution in [0.15, 0.2) is 96.4 Å². The lowest BCUT2D eigenvalue weighted by Gasteiger charge is -2.29. The Hall–Kier alpha value is -3.94. The molecular weight excluding hydrogens is 498 g/mol. The van der Waals surface area contributed by atoms with Gasteiger partial charge in [-0.05, 0) is 54.5 Å². The molecule has 0 saturated carbocycles. The van der Waals surface area contributed by atoms with Gasteiger partial charge in [-0.25, -0.2) is 0 Å². The van der Waals surface area contributed by atoms with Gasteiger partial charge in [0, 0.05) is 28.0 Å². The van der Waals surface area contributed by atoms with Crippen molar-refractivity contribution in [1.82, 2.24) is 4.90 Å². The standard InChI is InChI=1S/C31H31NO5S/c33-29(34)15-5-2-8-20-37-27-13-7-6-12-26(27)22-32(30(35)24-10-3-1-4-11-24)31(36)25-18-16-23(17-19-25)28-14-9-21-38-28/h1,3-4,6-7,9-14,16-19,21,30,35H,2,5,8,15,20,22H2,(H,33,34). The zero-order valence-corrected chi connectivity index (χ0v) is 21.8. The molecule has 196 valence electrons. The number of carboxylic acid groups (broad SMARTS) is 1. The SMILES string of the molecule is O=C(O)CCCCCOc1ccccc1CN(C(=O)c1ccc(-c2cccs2)cc1)C(O)c1ccccc1. The predicted octanol–water partition coefficient (Wildman–Crippen LogP) is 6.77. The molecule has 1 unspecified atom stereocenters. The molecular formula is C31H31NO5S. The first kappa shape index (κ1) is 27.1. The Kier molecular flexibility index (Phi) is 9.67. The summed E-state index contributed by atoms with van der Waals surface area (Å²) in [5.74, 6) is -0.446. The molecule has 6 nitrogen and oxygen atoms in total. The van der Waals surface area contributed by atoms with E-state index in [0.29, 0.717) is 29.9 Å². The third kappa shape index (κ3) is 7.31. The van der Waals surface area contributed by atoms with E-state index in [4.69, 9.17) is 9.84 Å². The largest absolute Gasteiger partial charge is 0.493 e. The number of aliphatic hydroxyl groups is 1. The van der Waals surface area contributed by atoms with Gasteiger partial charge in [-0.1, -0.05) is 66.7 Å². The number of carbonyl (C=O) groups is 2. The highest BCUT2D eigenvalue weighted by Gasteiger charge is 2.26. The van der Waals surface area contributed by atoms with E-state index in [1.165, 1.54) is 4.90 Å². The molecule has 1 aromatic heterocycles. The number of ether oxygens (including phenoxy) is 1. The van der Waals surface area contributed by atoms with Gasteiger partial charge in [-0.2, -0.15) is 0 Å². The van der Waals surface area contributed by atoms with Crippen LogP contribution >= 0.6 is 11.3 Å². The van der Waals surface area contributed by atoms with Crippen molar-refractivity contribution in [2.75, 3.05) is 6.61 Å². The zero-order valence-electron chi connectivity index (χ0n) is 21.0. The van der Waals surface area contributed by atoms with Crippen molar-refractivity contribution in [1.29, 1.82) is 0 Å². The highest BCUT2D eigenvalue weighted by Crippen LogP contribution is 2.29. The van der Waals surface area contributed by atoms with Crippen LogP contribution in [0.3, 0.4) is 0 Å². The molecule has 0 fully saturated rings. The zero-order chi connectivity index (χ0) is 26.7. The Balaban J connectivity index is 1.53. The molecule has 0 bridgehead atoms. The fourth-order valence-electron chi connectivity index (χ4n) is 4.16. The summed E-state index contributed by atoms with van der Waals surface area (Å²) in [5, 5.41) is 22.1. The monoisotopic (exact) mass is 529 g/mol. The van der Waals surface area contributed by atoms with E-state index in [1.54, 1.807) is 35.6 Å². The fourth-order valence-corrected chi connectivity index (χ4v) is 4.89. The van der Waals surface area contributed by atoms with Crippen LogP contribution in [-0.4, -0.2) is 33.6 Å². The number of aliphatic carboxylic acids is 1. The van der Waals surface area contributed by atoms with E-state index in [1.807, 2.05) is 72.1 Å².